The molecule has 2 rings (SSSR count). The number of aromatic amines is 1. The van der Waals surface area contributed by atoms with Gasteiger partial charge in [0.1, 0.15) is 0 Å². The Morgan fingerprint density at radius 1 is 1.17 bits per heavy atom. The van der Waals surface area contributed by atoms with Crippen molar-refractivity contribution in [2.24, 2.45) is 0 Å². The van der Waals surface area contributed by atoms with E-state index in [1.54, 1.807) is 10.6 Å². The SMILES string of the molecule is CCc1c(Sc2cc(C)cc(C)c2)n(C/C=C/CCl)c(=O)[nH]c1=O. The van der Waals surface area contributed by atoms with E-state index in [1.807, 2.05) is 26.8 Å². The van der Waals surface area contributed by atoms with E-state index >= 15 is 0 Å². The molecular weight excluding hydrogens is 344 g/mol. The molecule has 0 aliphatic carbocycles. The Hall–Kier alpha value is -1.72. The first kappa shape index (κ1) is 18.6. The van der Waals surface area contributed by atoms with E-state index in [4.69, 9.17) is 11.6 Å². The normalized spacial score (nSPS) is 11.3. The first-order valence-electron chi connectivity index (χ1n) is 7.79. The molecule has 24 heavy (non-hydrogen) atoms. The molecule has 0 atom stereocenters. The smallest absolute Gasteiger partial charge is 0.284 e. The van der Waals surface area contributed by atoms with Crippen molar-refractivity contribution in [3.63, 3.8) is 0 Å². The molecule has 0 radical (unpaired) electrons. The summed E-state index contributed by atoms with van der Waals surface area (Å²) in [5.41, 5.74) is 2.21. The third kappa shape index (κ3) is 4.42. The van der Waals surface area contributed by atoms with Crippen LogP contribution >= 0.6 is 23.4 Å². The Morgan fingerprint density at radius 3 is 2.42 bits per heavy atom. The van der Waals surface area contributed by atoms with Crippen LogP contribution in [-0.4, -0.2) is 15.4 Å². The molecule has 0 aliphatic rings. The van der Waals surface area contributed by atoms with Crippen LogP contribution in [0, 0.1) is 13.8 Å². The summed E-state index contributed by atoms with van der Waals surface area (Å²) in [7, 11) is 0. The fourth-order valence-corrected chi connectivity index (χ4v) is 4.00. The molecule has 0 fully saturated rings. The number of aromatic nitrogens is 2. The van der Waals surface area contributed by atoms with Gasteiger partial charge in [0, 0.05) is 22.9 Å². The van der Waals surface area contributed by atoms with E-state index in [-0.39, 0.29) is 5.56 Å². The Labute approximate surface area is 150 Å². The molecule has 6 heteroatoms. The first-order valence-corrected chi connectivity index (χ1v) is 9.14. The molecule has 1 aromatic heterocycles. The lowest BCUT2D eigenvalue weighted by molar-refractivity contribution is 0.644. The van der Waals surface area contributed by atoms with Gasteiger partial charge in [-0.15, -0.1) is 11.6 Å². The highest BCUT2D eigenvalue weighted by atomic mass is 35.5. The molecule has 1 heterocycles. The van der Waals surface area contributed by atoms with Crippen molar-refractivity contribution in [1.29, 1.82) is 0 Å². The summed E-state index contributed by atoms with van der Waals surface area (Å²) in [6.07, 6.45) is 4.18. The second-order valence-corrected chi connectivity index (χ2v) is 6.93. The lowest BCUT2D eigenvalue weighted by atomic mass is 10.2. The van der Waals surface area contributed by atoms with Crippen LogP contribution in [0.5, 0.6) is 0 Å². The predicted molar refractivity (Wildman–Crippen MR) is 101 cm³/mol. The van der Waals surface area contributed by atoms with Gasteiger partial charge >= 0.3 is 5.69 Å². The molecule has 0 amide bonds. The Kier molecular flexibility index (Phi) is 6.52. The van der Waals surface area contributed by atoms with Gasteiger partial charge in [-0.2, -0.15) is 0 Å². The number of benzene rings is 1. The molecule has 0 saturated heterocycles. The molecule has 128 valence electrons. The maximum Gasteiger partial charge on any atom is 0.329 e. The zero-order valence-electron chi connectivity index (χ0n) is 14.1. The quantitative estimate of drug-likeness (QED) is 0.483. The number of alkyl halides is 1. The number of nitrogens with zero attached hydrogens (tertiary/aromatic N) is 1. The maximum absolute atomic E-state index is 12.3. The minimum Gasteiger partial charge on any atom is -0.284 e. The zero-order valence-corrected chi connectivity index (χ0v) is 15.6. The number of H-pyrrole nitrogens is 1. The second-order valence-electron chi connectivity index (χ2n) is 5.56. The predicted octanol–water partition coefficient (Wildman–Crippen LogP) is 3.66. The van der Waals surface area contributed by atoms with Crippen LogP contribution < -0.4 is 11.2 Å². The summed E-state index contributed by atoms with van der Waals surface area (Å²) in [4.78, 5) is 27.9. The summed E-state index contributed by atoms with van der Waals surface area (Å²) >= 11 is 7.11. The van der Waals surface area contributed by atoms with Crippen molar-refractivity contribution in [3.8, 4) is 0 Å². The largest absolute Gasteiger partial charge is 0.329 e. The van der Waals surface area contributed by atoms with Crippen LogP contribution in [0.25, 0.3) is 0 Å². The number of nitrogens with one attached hydrogen (secondary N) is 1. The van der Waals surface area contributed by atoms with Gasteiger partial charge in [-0.3, -0.25) is 14.3 Å². The van der Waals surface area contributed by atoms with Crippen LogP contribution in [0.4, 0.5) is 0 Å². The monoisotopic (exact) mass is 364 g/mol. The van der Waals surface area contributed by atoms with Crippen molar-refractivity contribution in [2.45, 2.75) is 43.7 Å². The van der Waals surface area contributed by atoms with Crippen molar-refractivity contribution in [3.05, 3.63) is 67.9 Å². The minimum atomic E-state index is -0.400. The average molecular weight is 365 g/mol. The first-order chi connectivity index (χ1) is 11.5. The van der Waals surface area contributed by atoms with Gasteiger partial charge in [-0.25, -0.2) is 4.79 Å². The number of hydrogen-bond donors (Lipinski definition) is 1. The van der Waals surface area contributed by atoms with E-state index in [2.05, 4.69) is 23.2 Å². The second kappa shape index (κ2) is 8.40. The van der Waals surface area contributed by atoms with Gasteiger partial charge in [0.15, 0.2) is 0 Å². The van der Waals surface area contributed by atoms with Gasteiger partial charge in [0.05, 0.1) is 5.03 Å². The van der Waals surface area contributed by atoms with Gasteiger partial charge in [-0.05, 0) is 43.5 Å². The Morgan fingerprint density at radius 2 is 1.83 bits per heavy atom. The summed E-state index contributed by atoms with van der Waals surface area (Å²) in [6, 6.07) is 6.21. The topological polar surface area (TPSA) is 54.9 Å². The summed E-state index contributed by atoms with van der Waals surface area (Å²) in [5, 5.41) is 0.690. The molecule has 4 nitrogen and oxygen atoms in total. The van der Waals surface area contributed by atoms with Crippen molar-refractivity contribution in [2.75, 3.05) is 5.88 Å². The molecule has 2 aromatic rings. The van der Waals surface area contributed by atoms with Crippen molar-refractivity contribution >= 4 is 23.4 Å². The molecule has 0 saturated carbocycles. The number of halogens is 1. The van der Waals surface area contributed by atoms with Crippen molar-refractivity contribution in [1.82, 2.24) is 9.55 Å². The average Bonchev–Trinajstić information content (AvgIpc) is 2.49. The van der Waals surface area contributed by atoms with E-state index < -0.39 is 5.69 Å². The third-order valence-corrected chi connectivity index (χ3v) is 4.86. The van der Waals surface area contributed by atoms with Crippen molar-refractivity contribution < 1.29 is 0 Å². The summed E-state index contributed by atoms with van der Waals surface area (Å²) in [5.74, 6) is 0.387. The molecule has 1 aromatic carbocycles. The van der Waals surface area contributed by atoms with Gasteiger partial charge in [0.2, 0.25) is 0 Å². The number of allylic oxidation sites excluding steroid dienone is 2. The molecule has 0 bridgehead atoms. The van der Waals surface area contributed by atoms with Crippen LogP contribution in [0.1, 0.15) is 23.6 Å². The van der Waals surface area contributed by atoms with Gasteiger partial charge < -0.3 is 0 Å². The fourth-order valence-electron chi connectivity index (χ4n) is 2.53. The standard InChI is InChI=1S/C18H21ClN2O2S/c1-4-15-16(22)20-18(23)21(8-6-5-7-19)17(15)24-14-10-12(2)9-13(3)11-14/h5-6,9-11H,4,7-8H2,1-3H3,(H,20,22,23)/b6-5+. The highest BCUT2D eigenvalue weighted by Gasteiger charge is 2.14. The molecule has 0 aliphatic heterocycles. The van der Waals surface area contributed by atoms with Crippen LogP contribution in [-0.2, 0) is 13.0 Å². The highest BCUT2D eigenvalue weighted by Crippen LogP contribution is 2.30. The minimum absolute atomic E-state index is 0.313. The van der Waals surface area contributed by atoms with E-state index in [9.17, 15) is 9.59 Å². The summed E-state index contributed by atoms with van der Waals surface area (Å²) < 4.78 is 1.59. The number of aryl methyl sites for hydroxylation is 2. The fraction of sp³-hybridized carbons (Fsp3) is 0.333. The lowest BCUT2D eigenvalue weighted by Gasteiger charge is -2.14. The zero-order chi connectivity index (χ0) is 17.7. The van der Waals surface area contributed by atoms with Crippen LogP contribution in [0.15, 0.2) is 49.9 Å². The van der Waals surface area contributed by atoms with Gasteiger partial charge in [0.25, 0.3) is 5.56 Å². The summed E-state index contributed by atoms with van der Waals surface area (Å²) in [6.45, 7) is 6.36. The number of rotatable bonds is 6. The maximum atomic E-state index is 12.3. The number of hydrogen-bond acceptors (Lipinski definition) is 3. The molecular formula is C18H21ClN2O2S. The third-order valence-electron chi connectivity index (χ3n) is 3.55. The van der Waals surface area contributed by atoms with E-state index in [0.29, 0.717) is 29.4 Å². The molecule has 0 spiro atoms. The molecule has 0 unspecified atom stereocenters. The van der Waals surface area contributed by atoms with Gasteiger partial charge in [-0.1, -0.05) is 36.9 Å². The highest BCUT2D eigenvalue weighted by molar-refractivity contribution is 7.99. The molecule has 1 N–H and O–H groups in total. The lowest BCUT2D eigenvalue weighted by Crippen LogP contribution is -2.33. The Balaban J connectivity index is 2.58. The van der Waals surface area contributed by atoms with E-state index in [1.165, 1.54) is 11.8 Å². The van der Waals surface area contributed by atoms with Crippen LogP contribution in [0.3, 0.4) is 0 Å². The Bertz CT molecular complexity index is 848. The van der Waals surface area contributed by atoms with Crippen LogP contribution in [0.2, 0.25) is 0 Å². The van der Waals surface area contributed by atoms with E-state index in [0.717, 1.165) is 16.0 Å².